The number of amides is 2. The Bertz CT molecular complexity index is 1250. The molecule has 2 amide bonds. The van der Waals surface area contributed by atoms with Crippen molar-refractivity contribution >= 4 is 44.3 Å². The summed E-state index contributed by atoms with van der Waals surface area (Å²) in [6.45, 7) is 7.65. The zero-order chi connectivity index (χ0) is 23.5. The van der Waals surface area contributed by atoms with Gasteiger partial charge < -0.3 is 15.5 Å². The average molecular weight is 469 g/mol. The maximum absolute atomic E-state index is 13.0. The molecule has 174 valence electrons. The molecule has 1 atom stereocenters. The van der Waals surface area contributed by atoms with Crippen molar-refractivity contribution in [1.29, 1.82) is 0 Å². The number of carbonyl (C=O) groups excluding carboxylic acids is 2. The third-order valence-corrected chi connectivity index (χ3v) is 6.85. The van der Waals surface area contributed by atoms with Crippen molar-refractivity contribution in [3.8, 4) is 0 Å². The van der Waals surface area contributed by atoms with Gasteiger partial charge in [-0.25, -0.2) is 4.98 Å². The number of anilines is 2. The SMILES string of the molecule is CCNC(=O)[C@H]1CCCN(c2nc3ncn(CC(=O)Nc4ccc(C)cc4C)c(=O)c3s2)C1. The first-order valence-corrected chi connectivity index (χ1v) is 11.9. The van der Waals surface area contributed by atoms with E-state index in [-0.39, 0.29) is 29.8 Å². The molecule has 33 heavy (non-hydrogen) atoms. The number of nitrogens with zero attached hydrogens (tertiary/aromatic N) is 4. The van der Waals surface area contributed by atoms with Gasteiger partial charge in [0.2, 0.25) is 11.8 Å². The number of fused-ring (bicyclic) bond motifs is 1. The minimum atomic E-state index is -0.296. The third-order valence-electron chi connectivity index (χ3n) is 5.76. The number of benzene rings is 1. The summed E-state index contributed by atoms with van der Waals surface area (Å²) >= 11 is 1.26. The highest BCUT2D eigenvalue weighted by atomic mass is 32.1. The highest BCUT2D eigenvalue weighted by Gasteiger charge is 2.27. The zero-order valence-electron chi connectivity index (χ0n) is 19.1. The number of aryl methyl sites for hydroxylation is 2. The largest absolute Gasteiger partial charge is 0.356 e. The predicted octanol–water partition coefficient (Wildman–Crippen LogP) is 2.46. The van der Waals surface area contributed by atoms with Crippen molar-refractivity contribution in [3.63, 3.8) is 0 Å². The van der Waals surface area contributed by atoms with E-state index in [1.165, 1.54) is 22.2 Å². The molecule has 9 nitrogen and oxygen atoms in total. The van der Waals surface area contributed by atoms with Crippen molar-refractivity contribution < 1.29 is 9.59 Å². The van der Waals surface area contributed by atoms with Gasteiger partial charge in [0, 0.05) is 25.3 Å². The Hall–Kier alpha value is -3.27. The molecule has 0 aliphatic carbocycles. The number of nitrogens with one attached hydrogen (secondary N) is 2. The van der Waals surface area contributed by atoms with Gasteiger partial charge in [-0.1, -0.05) is 29.0 Å². The van der Waals surface area contributed by atoms with E-state index in [1.54, 1.807) is 0 Å². The smallest absolute Gasteiger partial charge is 0.273 e. The number of rotatable bonds is 6. The van der Waals surface area contributed by atoms with Crippen LogP contribution >= 0.6 is 11.3 Å². The standard InChI is InChI=1S/C23H28N6O3S/c1-4-24-21(31)16-6-5-9-28(11-16)23-27-20-19(33-23)22(32)29(13-25-20)12-18(30)26-17-8-7-14(2)10-15(17)3/h7-8,10,13,16H,4-6,9,11-12H2,1-3H3,(H,24,31)(H,26,30)/t16-/m0/s1. The summed E-state index contributed by atoms with van der Waals surface area (Å²) in [6, 6.07) is 5.78. The van der Waals surface area contributed by atoms with Gasteiger partial charge in [0.1, 0.15) is 17.6 Å². The molecule has 1 aromatic carbocycles. The zero-order valence-corrected chi connectivity index (χ0v) is 19.9. The van der Waals surface area contributed by atoms with E-state index >= 15 is 0 Å². The van der Waals surface area contributed by atoms with Crippen molar-refractivity contribution in [1.82, 2.24) is 19.9 Å². The molecule has 0 bridgehead atoms. The van der Waals surface area contributed by atoms with Crippen LogP contribution in [0.1, 0.15) is 30.9 Å². The van der Waals surface area contributed by atoms with Gasteiger partial charge in [0.05, 0.1) is 5.92 Å². The number of hydrogen-bond acceptors (Lipinski definition) is 7. The van der Waals surface area contributed by atoms with E-state index in [0.29, 0.717) is 28.6 Å². The molecule has 0 unspecified atom stereocenters. The summed E-state index contributed by atoms with van der Waals surface area (Å²) in [4.78, 5) is 48.7. The lowest BCUT2D eigenvalue weighted by Crippen LogP contribution is -2.43. The molecule has 1 aliphatic rings. The number of hydrogen-bond donors (Lipinski definition) is 2. The van der Waals surface area contributed by atoms with Crippen LogP contribution in [0.25, 0.3) is 10.3 Å². The molecule has 1 fully saturated rings. The van der Waals surface area contributed by atoms with Crippen LogP contribution in [0.4, 0.5) is 10.8 Å². The van der Waals surface area contributed by atoms with Gasteiger partial charge in [-0.2, -0.15) is 4.98 Å². The van der Waals surface area contributed by atoms with Crippen LogP contribution in [0.15, 0.2) is 29.3 Å². The van der Waals surface area contributed by atoms with E-state index in [4.69, 9.17) is 0 Å². The molecule has 2 N–H and O–H groups in total. The Labute approximate surface area is 195 Å². The lowest BCUT2D eigenvalue weighted by atomic mass is 9.97. The molecule has 0 radical (unpaired) electrons. The molecule has 1 aliphatic heterocycles. The third kappa shape index (κ3) is 5.05. The number of carbonyl (C=O) groups is 2. The molecule has 10 heteroatoms. The fourth-order valence-corrected chi connectivity index (χ4v) is 5.07. The summed E-state index contributed by atoms with van der Waals surface area (Å²) in [7, 11) is 0. The van der Waals surface area contributed by atoms with E-state index in [0.717, 1.165) is 36.2 Å². The molecule has 2 aromatic heterocycles. The van der Waals surface area contributed by atoms with Gasteiger partial charge in [0.25, 0.3) is 5.56 Å². The second-order valence-corrected chi connectivity index (χ2v) is 9.35. The second kappa shape index (κ2) is 9.70. The van der Waals surface area contributed by atoms with Crippen LogP contribution in [0.2, 0.25) is 0 Å². The quantitative estimate of drug-likeness (QED) is 0.575. The van der Waals surface area contributed by atoms with Crippen LogP contribution in [-0.4, -0.2) is 46.0 Å². The van der Waals surface area contributed by atoms with Crippen LogP contribution in [0.3, 0.4) is 0 Å². The summed E-state index contributed by atoms with van der Waals surface area (Å²) in [5.74, 6) is -0.335. The fraction of sp³-hybridized carbons (Fsp3) is 0.435. The number of thiazole rings is 1. The average Bonchev–Trinajstić information content (AvgIpc) is 3.23. The first kappa shape index (κ1) is 22.9. The van der Waals surface area contributed by atoms with Gasteiger partial charge in [-0.05, 0) is 45.2 Å². The monoisotopic (exact) mass is 468 g/mol. The van der Waals surface area contributed by atoms with Crippen molar-refractivity contribution in [2.75, 3.05) is 29.9 Å². The highest BCUT2D eigenvalue weighted by Crippen LogP contribution is 2.29. The Balaban J connectivity index is 1.50. The predicted molar refractivity (Wildman–Crippen MR) is 130 cm³/mol. The summed E-state index contributed by atoms with van der Waals surface area (Å²) in [6.07, 6.45) is 3.09. The lowest BCUT2D eigenvalue weighted by molar-refractivity contribution is -0.125. The van der Waals surface area contributed by atoms with Gasteiger partial charge in [-0.15, -0.1) is 0 Å². The topological polar surface area (TPSA) is 109 Å². The lowest BCUT2D eigenvalue weighted by Gasteiger charge is -2.31. The van der Waals surface area contributed by atoms with E-state index in [2.05, 4.69) is 20.6 Å². The van der Waals surface area contributed by atoms with Crippen LogP contribution in [-0.2, 0) is 16.1 Å². The minimum absolute atomic E-state index is 0.0543. The molecule has 4 rings (SSSR count). The molecule has 0 spiro atoms. The molecular weight excluding hydrogens is 440 g/mol. The Morgan fingerprint density at radius 1 is 1.27 bits per heavy atom. The summed E-state index contributed by atoms with van der Waals surface area (Å²) < 4.78 is 1.71. The van der Waals surface area contributed by atoms with E-state index < -0.39 is 0 Å². The first-order chi connectivity index (χ1) is 15.9. The highest BCUT2D eigenvalue weighted by molar-refractivity contribution is 7.22. The van der Waals surface area contributed by atoms with Crippen molar-refractivity contribution in [2.45, 2.75) is 40.2 Å². The Morgan fingerprint density at radius 2 is 2.09 bits per heavy atom. The van der Waals surface area contributed by atoms with Crippen molar-refractivity contribution in [2.24, 2.45) is 5.92 Å². The fourth-order valence-electron chi connectivity index (χ4n) is 4.06. The van der Waals surface area contributed by atoms with Gasteiger partial charge in [-0.3, -0.25) is 19.0 Å². The first-order valence-electron chi connectivity index (χ1n) is 11.1. The minimum Gasteiger partial charge on any atom is -0.356 e. The van der Waals surface area contributed by atoms with Crippen LogP contribution in [0, 0.1) is 19.8 Å². The molecule has 0 saturated carbocycles. The van der Waals surface area contributed by atoms with Crippen molar-refractivity contribution in [3.05, 3.63) is 46.0 Å². The molecule has 3 heterocycles. The molecule has 1 saturated heterocycles. The maximum atomic E-state index is 13.0. The summed E-state index contributed by atoms with van der Waals surface area (Å²) in [5, 5.41) is 6.43. The normalized spacial score (nSPS) is 16.1. The van der Waals surface area contributed by atoms with E-state index in [1.807, 2.05) is 43.9 Å². The van der Waals surface area contributed by atoms with Gasteiger partial charge in [0.15, 0.2) is 10.8 Å². The van der Waals surface area contributed by atoms with Gasteiger partial charge >= 0.3 is 0 Å². The second-order valence-electron chi connectivity index (χ2n) is 8.37. The van der Waals surface area contributed by atoms with Crippen LogP contribution < -0.4 is 21.1 Å². The van der Waals surface area contributed by atoms with E-state index in [9.17, 15) is 14.4 Å². The summed E-state index contributed by atoms with van der Waals surface area (Å²) in [5.41, 5.74) is 2.87. The number of piperidine rings is 1. The Morgan fingerprint density at radius 3 is 2.85 bits per heavy atom. The number of aromatic nitrogens is 3. The molecular formula is C23H28N6O3S. The maximum Gasteiger partial charge on any atom is 0.273 e. The van der Waals surface area contributed by atoms with Crippen LogP contribution in [0.5, 0.6) is 0 Å². The molecule has 3 aromatic rings. The Kier molecular flexibility index (Phi) is 6.73.